The molecule has 1 rings (SSSR count). The molecule has 0 saturated carbocycles. The molecular weight excluding hydrogens is 132 g/mol. The van der Waals surface area contributed by atoms with E-state index < -0.39 is 0 Å². The van der Waals surface area contributed by atoms with Crippen LogP contribution in [0.2, 0.25) is 0 Å². The van der Waals surface area contributed by atoms with E-state index in [0.717, 1.165) is 11.4 Å². The van der Waals surface area contributed by atoms with Gasteiger partial charge in [-0.3, -0.25) is 0 Å². The Bertz CT molecular complexity index is 215. The van der Waals surface area contributed by atoms with Crippen molar-refractivity contribution in [1.82, 2.24) is 8.75 Å². The Morgan fingerprint density at radius 2 is 2.22 bits per heavy atom. The first-order valence-corrected chi connectivity index (χ1v) is 3.49. The van der Waals surface area contributed by atoms with Crippen LogP contribution in [0.4, 0.5) is 0 Å². The number of allylic oxidation sites excluding steroid dienone is 1. The lowest BCUT2D eigenvalue weighted by atomic mass is 10.3. The zero-order valence-electron chi connectivity index (χ0n) is 5.46. The molecule has 9 heavy (non-hydrogen) atoms. The van der Waals surface area contributed by atoms with Gasteiger partial charge in [0.2, 0.25) is 0 Å². The zero-order valence-corrected chi connectivity index (χ0v) is 6.27. The Kier molecular flexibility index (Phi) is 1.95. The van der Waals surface area contributed by atoms with Crippen molar-refractivity contribution in [3.8, 4) is 0 Å². The minimum atomic E-state index is 0.988. The summed E-state index contributed by atoms with van der Waals surface area (Å²) in [7, 11) is 0. The maximum Gasteiger partial charge on any atom is 0.0995 e. The van der Waals surface area contributed by atoms with E-state index in [0.29, 0.717) is 0 Å². The monoisotopic (exact) mass is 140 g/mol. The average Bonchev–Trinajstić information content (AvgIpc) is 2.18. The summed E-state index contributed by atoms with van der Waals surface area (Å²) in [5.41, 5.74) is 2.00. The smallest absolute Gasteiger partial charge is 0.0995 e. The number of nitrogens with zero attached hydrogens (tertiary/aromatic N) is 2. The van der Waals surface area contributed by atoms with Crippen LogP contribution >= 0.6 is 11.7 Å². The van der Waals surface area contributed by atoms with Crippen LogP contribution in [0.5, 0.6) is 0 Å². The summed E-state index contributed by atoms with van der Waals surface area (Å²) < 4.78 is 8.06. The maximum atomic E-state index is 4.05. The van der Waals surface area contributed by atoms with Crippen molar-refractivity contribution >= 4 is 17.8 Å². The highest BCUT2D eigenvalue weighted by Crippen LogP contribution is 2.04. The van der Waals surface area contributed by atoms with Crippen molar-refractivity contribution in [1.29, 1.82) is 0 Å². The second kappa shape index (κ2) is 2.73. The molecule has 0 N–H and O–H groups in total. The van der Waals surface area contributed by atoms with Crippen LogP contribution in [0.1, 0.15) is 18.3 Å². The van der Waals surface area contributed by atoms with Gasteiger partial charge in [-0.05, 0) is 19.9 Å². The van der Waals surface area contributed by atoms with Gasteiger partial charge in [-0.1, -0.05) is 6.08 Å². The van der Waals surface area contributed by atoms with Crippen molar-refractivity contribution in [3.05, 3.63) is 17.5 Å². The van der Waals surface area contributed by atoms with Crippen LogP contribution in [0, 0.1) is 6.92 Å². The first-order valence-electron chi connectivity index (χ1n) is 2.76. The van der Waals surface area contributed by atoms with Gasteiger partial charge in [0.05, 0.1) is 23.1 Å². The molecule has 0 radical (unpaired) electrons. The van der Waals surface area contributed by atoms with Crippen LogP contribution in [0.25, 0.3) is 6.08 Å². The Morgan fingerprint density at radius 3 is 2.67 bits per heavy atom. The first kappa shape index (κ1) is 6.42. The van der Waals surface area contributed by atoms with E-state index in [-0.39, 0.29) is 0 Å². The Morgan fingerprint density at radius 1 is 1.44 bits per heavy atom. The predicted octanol–water partition coefficient (Wildman–Crippen LogP) is 1.88. The summed E-state index contributed by atoms with van der Waals surface area (Å²) in [5, 5.41) is 0. The molecule has 0 aromatic carbocycles. The van der Waals surface area contributed by atoms with Gasteiger partial charge in [0, 0.05) is 0 Å². The third kappa shape index (κ3) is 1.36. The fraction of sp³-hybridized carbons (Fsp3) is 0.333. The van der Waals surface area contributed by atoms with Gasteiger partial charge in [-0.15, -0.1) is 0 Å². The minimum absolute atomic E-state index is 0.988. The molecule has 1 aromatic heterocycles. The Hall–Kier alpha value is -0.700. The van der Waals surface area contributed by atoms with E-state index in [1.807, 2.05) is 26.0 Å². The highest BCUT2D eigenvalue weighted by molar-refractivity contribution is 6.99. The van der Waals surface area contributed by atoms with Crippen LogP contribution < -0.4 is 0 Å². The van der Waals surface area contributed by atoms with Crippen LogP contribution in [-0.2, 0) is 0 Å². The van der Waals surface area contributed by atoms with Crippen molar-refractivity contribution in [2.45, 2.75) is 13.8 Å². The zero-order chi connectivity index (χ0) is 6.69. The lowest BCUT2D eigenvalue weighted by Crippen LogP contribution is -1.73. The summed E-state index contributed by atoms with van der Waals surface area (Å²) >= 11 is 1.25. The molecule has 0 unspecified atom stereocenters. The summed E-state index contributed by atoms with van der Waals surface area (Å²) in [6.07, 6.45) is 3.92. The second-order valence-corrected chi connectivity index (χ2v) is 2.26. The van der Waals surface area contributed by atoms with Gasteiger partial charge in [0.25, 0.3) is 0 Å². The molecule has 0 atom stereocenters. The molecule has 1 aromatic rings. The predicted molar refractivity (Wildman–Crippen MR) is 39.4 cm³/mol. The van der Waals surface area contributed by atoms with Crippen LogP contribution in [0.15, 0.2) is 6.08 Å². The fourth-order valence-corrected chi connectivity index (χ4v) is 1.09. The highest BCUT2D eigenvalue weighted by Gasteiger charge is 1.94. The van der Waals surface area contributed by atoms with Gasteiger partial charge in [0.15, 0.2) is 0 Å². The molecule has 0 aliphatic carbocycles. The standard InChI is InChI=1S/C6H8N2S/c1-3-4-6-5(2)7-9-8-6/h3-4H,1-2H3/b4-3-. The van der Waals surface area contributed by atoms with Crippen molar-refractivity contribution < 1.29 is 0 Å². The largest absolute Gasteiger partial charge is 0.178 e. The van der Waals surface area contributed by atoms with Gasteiger partial charge >= 0.3 is 0 Å². The molecule has 0 saturated heterocycles. The van der Waals surface area contributed by atoms with Crippen molar-refractivity contribution in [3.63, 3.8) is 0 Å². The number of rotatable bonds is 1. The van der Waals surface area contributed by atoms with Gasteiger partial charge in [-0.25, -0.2) is 0 Å². The molecule has 48 valence electrons. The molecule has 0 spiro atoms. The SMILES string of the molecule is C/C=C\c1nsnc1C. The van der Waals surface area contributed by atoms with E-state index >= 15 is 0 Å². The van der Waals surface area contributed by atoms with E-state index in [1.54, 1.807) is 0 Å². The molecule has 0 aliphatic rings. The molecular formula is C6H8N2S. The normalized spacial score (nSPS) is 10.9. The molecule has 0 bridgehead atoms. The number of aromatic nitrogens is 2. The van der Waals surface area contributed by atoms with Crippen LogP contribution in [-0.4, -0.2) is 8.75 Å². The quantitative estimate of drug-likeness (QED) is 0.595. The number of aryl methyl sites for hydroxylation is 1. The van der Waals surface area contributed by atoms with Crippen molar-refractivity contribution in [2.75, 3.05) is 0 Å². The number of hydrogen-bond donors (Lipinski definition) is 0. The third-order valence-electron chi connectivity index (χ3n) is 1.01. The van der Waals surface area contributed by atoms with Crippen LogP contribution in [0.3, 0.4) is 0 Å². The lowest BCUT2D eigenvalue weighted by Gasteiger charge is -1.80. The molecule has 0 fully saturated rings. The molecule has 3 heteroatoms. The van der Waals surface area contributed by atoms with Gasteiger partial charge in [-0.2, -0.15) is 8.75 Å². The summed E-state index contributed by atoms with van der Waals surface area (Å²) in [6, 6.07) is 0. The molecule has 0 amide bonds. The molecule has 0 aliphatic heterocycles. The topological polar surface area (TPSA) is 25.8 Å². The maximum absolute atomic E-state index is 4.05. The molecule has 2 nitrogen and oxygen atoms in total. The summed E-state index contributed by atoms with van der Waals surface area (Å²) in [4.78, 5) is 0. The summed E-state index contributed by atoms with van der Waals surface area (Å²) in [5.74, 6) is 0. The Labute approximate surface area is 58.6 Å². The Balaban J connectivity index is 2.94. The van der Waals surface area contributed by atoms with Gasteiger partial charge < -0.3 is 0 Å². The first-order chi connectivity index (χ1) is 4.34. The third-order valence-corrected chi connectivity index (χ3v) is 1.65. The lowest BCUT2D eigenvalue weighted by molar-refractivity contribution is 1.30. The fourth-order valence-electron chi connectivity index (χ4n) is 0.547. The van der Waals surface area contributed by atoms with E-state index in [1.165, 1.54) is 11.7 Å². The summed E-state index contributed by atoms with van der Waals surface area (Å²) in [6.45, 7) is 3.93. The van der Waals surface area contributed by atoms with E-state index in [2.05, 4.69) is 8.75 Å². The second-order valence-electron chi connectivity index (χ2n) is 1.73. The van der Waals surface area contributed by atoms with Crippen molar-refractivity contribution in [2.24, 2.45) is 0 Å². The van der Waals surface area contributed by atoms with Gasteiger partial charge in [0.1, 0.15) is 0 Å². The van der Waals surface area contributed by atoms with E-state index in [4.69, 9.17) is 0 Å². The van der Waals surface area contributed by atoms with E-state index in [9.17, 15) is 0 Å². The molecule has 1 heterocycles. The number of hydrogen-bond acceptors (Lipinski definition) is 3. The highest BCUT2D eigenvalue weighted by atomic mass is 32.1. The average molecular weight is 140 g/mol. The minimum Gasteiger partial charge on any atom is -0.178 e.